The molecule has 0 radical (unpaired) electrons. The average molecular weight is 314 g/mol. The van der Waals surface area contributed by atoms with Crippen LogP contribution in [-0.4, -0.2) is 8.77 Å². The minimum Gasteiger partial charge on any atom is -0.247 e. The summed E-state index contributed by atoms with van der Waals surface area (Å²) in [6, 6.07) is 10.3. The van der Waals surface area contributed by atoms with Gasteiger partial charge >= 0.3 is 0 Å². The monoisotopic (exact) mass is 313 g/mol. The Balaban J connectivity index is 2.21. The Morgan fingerprint density at radius 2 is 1.89 bits per heavy atom. The normalized spacial score (nSPS) is 43.8. The van der Waals surface area contributed by atoms with Gasteiger partial charge in [-0.05, 0) is 33.6 Å². The molecular weight excluding hydrogens is 292 g/mol. The maximum atomic E-state index is 12.7. The van der Waals surface area contributed by atoms with Gasteiger partial charge in [-0.25, -0.2) is 4.21 Å². The van der Waals surface area contributed by atoms with E-state index in [4.69, 9.17) is 1.37 Å². The van der Waals surface area contributed by atoms with E-state index in [1.165, 1.54) is 16.4 Å². The van der Waals surface area contributed by atoms with Gasteiger partial charge in [-0.3, -0.25) is 0 Å². The predicted molar refractivity (Wildman–Crippen MR) is 87.4 cm³/mol. The summed E-state index contributed by atoms with van der Waals surface area (Å²) in [6.07, 6.45) is 0.907. The van der Waals surface area contributed by atoms with E-state index in [1.54, 1.807) is 11.8 Å². The van der Waals surface area contributed by atoms with Crippen LogP contribution in [0.4, 0.5) is 0 Å². The molecular formula is C15H20OS3. The molecule has 4 heteroatoms. The number of hydrogen-bond donors (Lipinski definition) is 0. The Morgan fingerprint density at radius 3 is 2.53 bits per heavy atom. The third-order valence-corrected chi connectivity index (χ3v) is 11.4. The first kappa shape index (κ1) is 12.8. The van der Waals surface area contributed by atoms with Crippen molar-refractivity contribution in [3.63, 3.8) is 0 Å². The van der Waals surface area contributed by atoms with Crippen LogP contribution in [0.15, 0.2) is 30.3 Å². The molecule has 0 saturated carbocycles. The second-order valence-corrected chi connectivity index (χ2v) is 11.4. The second kappa shape index (κ2) is 4.28. The molecule has 0 aromatic heterocycles. The third-order valence-electron chi connectivity index (χ3n) is 4.06. The molecule has 3 unspecified atom stereocenters. The van der Waals surface area contributed by atoms with Crippen molar-refractivity contribution < 1.29 is 5.58 Å². The quantitative estimate of drug-likeness (QED) is 0.696. The molecule has 1 aromatic rings. The lowest BCUT2D eigenvalue weighted by Crippen LogP contribution is -2.45. The highest BCUT2D eigenvalue weighted by molar-refractivity contribution is 8.76. The summed E-state index contributed by atoms with van der Waals surface area (Å²) in [4.78, 5) is 0. The predicted octanol–water partition coefficient (Wildman–Crippen LogP) is 4.77. The van der Waals surface area contributed by atoms with Gasteiger partial charge in [0.15, 0.2) is 0 Å². The summed E-state index contributed by atoms with van der Waals surface area (Å²) in [7, 11) is 0.289. The van der Waals surface area contributed by atoms with Gasteiger partial charge in [0.1, 0.15) is 4.08 Å². The van der Waals surface area contributed by atoms with Crippen LogP contribution in [0.3, 0.4) is 0 Å². The Bertz CT molecular complexity index is 572. The van der Waals surface area contributed by atoms with Crippen molar-refractivity contribution in [2.24, 2.45) is 10.8 Å². The molecule has 2 bridgehead atoms. The maximum Gasteiger partial charge on any atom is 0.105 e. The highest BCUT2D eigenvalue weighted by atomic mass is 33.1. The highest BCUT2D eigenvalue weighted by Crippen LogP contribution is 2.74. The largest absolute Gasteiger partial charge is 0.247 e. The van der Waals surface area contributed by atoms with E-state index in [0.717, 1.165) is 6.42 Å². The van der Waals surface area contributed by atoms with Crippen LogP contribution in [0.25, 0.3) is 0 Å². The van der Waals surface area contributed by atoms with Crippen molar-refractivity contribution in [3.8, 4) is 0 Å². The molecule has 104 valence electrons. The Morgan fingerprint density at radius 1 is 1.26 bits per heavy atom. The van der Waals surface area contributed by atoms with Crippen LogP contribution in [0, 0.1) is 10.8 Å². The molecule has 2 saturated heterocycles. The fraction of sp³-hybridized carbons (Fsp3) is 0.600. The summed E-state index contributed by atoms with van der Waals surface area (Å²) in [6.45, 7) is 8.69. The van der Waals surface area contributed by atoms with E-state index in [-0.39, 0.29) is 14.9 Å². The van der Waals surface area contributed by atoms with Gasteiger partial charge in [-0.1, -0.05) is 58.0 Å². The lowest BCUT2D eigenvalue weighted by molar-refractivity contribution is 0.179. The van der Waals surface area contributed by atoms with Crippen molar-refractivity contribution in [1.29, 1.82) is 0 Å². The summed E-state index contributed by atoms with van der Waals surface area (Å²) in [5, 5.41) is 0. The van der Waals surface area contributed by atoms with Crippen LogP contribution >= 0.6 is 22.6 Å². The zero-order chi connectivity index (χ0) is 14.8. The van der Waals surface area contributed by atoms with Gasteiger partial charge in [0.2, 0.25) is 0 Å². The number of rotatable bonds is 1. The van der Waals surface area contributed by atoms with Crippen LogP contribution in [0.1, 0.15) is 41.0 Å². The van der Waals surface area contributed by atoms with E-state index in [2.05, 4.69) is 39.8 Å². The average Bonchev–Trinajstić information content (AvgIpc) is 2.62. The summed E-state index contributed by atoms with van der Waals surface area (Å²) in [5.74, 6) is 0. The van der Waals surface area contributed by atoms with Crippen molar-refractivity contribution >= 4 is 32.4 Å². The van der Waals surface area contributed by atoms with Gasteiger partial charge in [-0.15, -0.1) is 11.8 Å². The lowest BCUT2D eigenvalue weighted by atomic mass is 9.71. The van der Waals surface area contributed by atoms with Crippen molar-refractivity contribution in [2.75, 3.05) is 0 Å². The van der Waals surface area contributed by atoms with E-state index in [0.29, 0.717) is 0 Å². The fourth-order valence-corrected chi connectivity index (χ4v) is 11.1. The molecule has 0 amide bonds. The van der Waals surface area contributed by atoms with Crippen LogP contribution in [-0.2, 0) is 13.9 Å². The first-order chi connectivity index (χ1) is 9.15. The third kappa shape index (κ3) is 1.94. The van der Waals surface area contributed by atoms with E-state index >= 15 is 0 Å². The lowest BCUT2D eigenvalue weighted by Gasteiger charge is -2.51. The van der Waals surface area contributed by atoms with Gasteiger partial charge in [0.25, 0.3) is 0 Å². The minimum atomic E-state index is -1.20. The minimum absolute atomic E-state index is 0.0100. The zero-order valence-corrected chi connectivity index (χ0v) is 14.2. The Kier molecular flexibility index (Phi) is 2.88. The van der Waals surface area contributed by atoms with E-state index in [1.807, 2.05) is 18.2 Å². The van der Waals surface area contributed by atoms with Crippen molar-refractivity contribution in [3.05, 3.63) is 35.9 Å². The Labute approximate surface area is 127 Å². The molecule has 2 fully saturated rings. The van der Waals surface area contributed by atoms with Crippen LogP contribution in [0.5, 0.6) is 0 Å². The van der Waals surface area contributed by atoms with Gasteiger partial charge in [0, 0.05) is 0 Å². The molecule has 2 aliphatic rings. The van der Waals surface area contributed by atoms with Crippen LogP contribution in [0.2, 0.25) is 0 Å². The first-order valence-corrected chi connectivity index (χ1v) is 9.82. The van der Waals surface area contributed by atoms with Crippen LogP contribution < -0.4 is 0 Å². The summed E-state index contributed by atoms with van der Waals surface area (Å²) >= 11 is 1.61. The number of benzene rings is 1. The molecule has 2 heterocycles. The Hall–Kier alpha value is 0.0700. The zero-order valence-electron chi connectivity index (χ0n) is 12.7. The second-order valence-electron chi connectivity index (χ2n) is 6.63. The molecule has 0 N–H and O–H groups in total. The summed E-state index contributed by atoms with van der Waals surface area (Å²) in [5.41, 5.74) is 0.926. The smallest absolute Gasteiger partial charge is 0.105 e. The number of thioether (sulfide) groups is 1. The maximum absolute atomic E-state index is 12.7. The van der Waals surface area contributed by atoms with Gasteiger partial charge in [0.05, 0.1) is 15.8 Å². The van der Waals surface area contributed by atoms with E-state index < -0.39 is 14.4 Å². The molecule has 19 heavy (non-hydrogen) atoms. The fourth-order valence-electron chi connectivity index (χ4n) is 3.39. The van der Waals surface area contributed by atoms with Crippen molar-refractivity contribution in [1.82, 2.24) is 0 Å². The highest BCUT2D eigenvalue weighted by Gasteiger charge is 2.64. The standard InChI is InChI=1S/C15H20OS3/c1-13(2)10-14(3,4)15(11-8-6-5-7-9-11)17-12(13)19(16)18-15/h5-9,12H,10H2,1-4H3/i12D. The SMILES string of the molecule is [2H]C12SC(c3ccccc3)(SS1=O)C(C)(C)CC2(C)C. The molecule has 0 aliphatic carbocycles. The molecule has 3 atom stereocenters. The number of fused-ring (bicyclic) bond motifs is 2. The molecule has 1 nitrogen and oxygen atoms in total. The van der Waals surface area contributed by atoms with Gasteiger partial charge in [-0.2, -0.15) is 0 Å². The molecule has 3 rings (SSSR count). The van der Waals surface area contributed by atoms with Gasteiger partial charge < -0.3 is 0 Å². The summed E-state index contributed by atoms with van der Waals surface area (Å²) < 4.78 is 20.3. The first-order valence-electron chi connectivity index (χ1n) is 7.02. The topological polar surface area (TPSA) is 17.1 Å². The molecule has 0 spiro atoms. The molecule has 1 aromatic carbocycles. The van der Waals surface area contributed by atoms with Crippen molar-refractivity contribution in [2.45, 2.75) is 42.8 Å². The van der Waals surface area contributed by atoms with E-state index in [9.17, 15) is 4.21 Å². The molecule has 2 aliphatic heterocycles. The number of hydrogen-bond acceptors (Lipinski definition) is 3.